The molecule has 0 aromatic heterocycles. The van der Waals surface area contributed by atoms with Crippen LogP contribution in [0.1, 0.15) is 11.1 Å². The molecule has 0 amide bonds. The highest BCUT2D eigenvalue weighted by Crippen LogP contribution is 2.37. The Morgan fingerprint density at radius 2 is 1.85 bits per heavy atom. The lowest BCUT2D eigenvalue weighted by Crippen LogP contribution is -2.19. The first kappa shape index (κ1) is 26.3. The van der Waals surface area contributed by atoms with Gasteiger partial charge in [-0.25, -0.2) is 4.79 Å². The summed E-state index contributed by atoms with van der Waals surface area (Å²) in [5.74, 6) is -1.26. The summed E-state index contributed by atoms with van der Waals surface area (Å²) in [5.41, 5.74) is -1.49. The first-order valence-electron chi connectivity index (χ1n) is 9.13. The number of nitro groups is 1. The van der Waals surface area contributed by atoms with E-state index in [2.05, 4.69) is 0 Å². The van der Waals surface area contributed by atoms with Crippen molar-refractivity contribution >= 4 is 41.0 Å². The van der Waals surface area contributed by atoms with Crippen LogP contribution in [0.15, 0.2) is 36.4 Å². The molecule has 0 fully saturated rings. The van der Waals surface area contributed by atoms with Gasteiger partial charge in [0.2, 0.25) is 0 Å². The SMILES string of the molecule is CSCCOC(=O)COC(=O)Cc1cc(Oc2ccc(C(F)(F)F)cc2Cl)ccc1[N+](=O)[O-]. The summed E-state index contributed by atoms with van der Waals surface area (Å²) in [6, 6.07) is 5.87. The van der Waals surface area contributed by atoms with Crippen LogP contribution in [0.3, 0.4) is 0 Å². The third-order valence-corrected chi connectivity index (χ3v) is 4.84. The van der Waals surface area contributed by atoms with Gasteiger partial charge in [-0.05, 0) is 36.6 Å². The summed E-state index contributed by atoms with van der Waals surface area (Å²) in [4.78, 5) is 34.1. The zero-order valence-electron chi connectivity index (χ0n) is 17.0. The molecule has 0 bridgehead atoms. The number of hydrogen-bond acceptors (Lipinski definition) is 8. The van der Waals surface area contributed by atoms with Crippen molar-refractivity contribution in [3.63, 3.8) is 0 Å². The van der Waals surface area contributed by atoms with Gasteiger partial charge in [-0.15, -0.1) is 0 Å². The van der Waals surface area contributed by atoms with Crippen LogP contribution in [0, 0.1) is 10.1 Å². The molecular weight excluding hydrogens is 491 g/mol. The van der Waals surface area contributed by atoms with E-state index >= 15 is 0 Å². The minimum Gasteiger partial charge on any atom is -0.462 e. The van der Waals surface area contributed by atoms with Crippen LogP contribution in [-0.2, 0) is 31.7 Å². The quantitative estimate of drug-likeness (QED) is 0.190. The summed E-state index contributed by atoms with van der Waals surface area (Å²) in [7, 11) is 0. The highest BCUT2D eigenvalue weighted by atomic mass is 35.5. The lowest BCUT2D eigenvalue weighted by Gasteiger charge is -2.12. The number of benzene rings is 2. The smallest absolute Gasteiger partial charge is 0.416 e. The molecule has 0 saturated heterocycles. The van der Waals surface area contributed by atoms with Crippen LogP contribution in [0.5, 0.6) is 11.5 Å². The van der Waals surface area contributed by atoms with E-state index in [-0.39, 0.29) is 28.7 Å². The van der Waals surface area contributed by atoms with Crippen LogP contribution in [0.2, 0.25) is 5.02 Å². The molecule has 2 rings (SSSR count). The minimum absolute atomic E-state index is 0.0125. The van der Waals surface area contributed by atoms with Gasteiger partial charge < -0.3 is 14.2 Å². The number of hydrogen-bond donors (Lipinski definition) is 0. The Kier molecular flexibility index (Phi) is 9.35. The lowest BCUT2D eigenvalue weighted by atomic mass is 10.1. The number of carbonyl (C=O) groups is 2. The van der Waals surface area contributed by atoms with Crippen molar-refractivity contribution < 1.29 is 41.9 Å². The van der Waals surface area contributed by atoms with E-state index in [4.69, 9.17) is 25.8 Å². The van der Waals surface area contributed by atoms with Crippen LogP contribution < -0.4 is 4.74 Å². The molecule has 0 aliphatic carbocycles. The van der Waals surface area contributed by atoms with Crippen molar-refractivity contribution in [2.75, 3.05) is 25.2 Å². The normalized spacial score (nSPS) is 11.1. The van der Waals surface area contributed by atoms with Gasteiger partial charge in [0.05, 0.1) is 21.9 Å². The molecule has 0 aliphatic rings. The molecule has 0 heterocycles. The standard InChI is InChI=1S/C20H17ClF3NO7S/c1-33-7-6-30-19(27)11-31-18(26)9-12-8-14(3-4-16(12)25(28)29)32-17-5-2-13(10-15(17)21)20(22,23)24/h2-5,8,10H,6-7,9,11H2,1H3. The molecule has 33 heavy (non-hydrogen) atoms. The van der Waals surface area contributed by atoms with E-state index < -0.39 is 47.3 Å². The molecule has 0 atom stereocenters. The van der Waals surface area contributed by atoms with Crippen molar-refractivity contribution in [3.05, 3.63) is 62.7 Å². The Hall–Kier alpha value is -2.99. The molecule has 0 aliphatic heterocycles. The van der Waals surface area contributed by atoms with E-state index in [0.717, 1.165) is 24.3 Å². The molecule has 0 saturated carbocycles. The fraction of sp³-hybridized carbons (Fsp3) is 0.300. The van der Waals surface area contributed by atoms with E-state index in [1.54, 1.807) is 0 Å². The fourth-order valence-corrected chi connectivity index (χ4v) is 2.93. The third kappa shape index (κ3) is 8.13. The van der Waals surface area contributed by atoms with Gasteiger partial charge in [-0.3, -0.25) is 14.9 Å². The van der Waals surface area contributed by atoms with Gasteiger partial charge in [0, 0.05) is 17.4 Å². The number of ether oxygens (including phenoxy) is 3. The summed E-state index contributed by atoms with van der Waals surface area (Å²) < 4.78 is 53.4. The molecular formula is C20H17ClF3NO7S. The molecule has 0 radical (unpaired) electrons. The van der Waals surface area contributed by atoms with Crippen molar-refractivity contribution in [1.82, 2.24) is 0 Å². The maximum absolute atomic E-state index is 12.8. The number of rotatable bonds is 10. The summed E-state index contributed by atoms with van der Waals surface area (Å²) in [5, 5.41) is 11.0. The van der Waals surface area contributed by atoms with Crippen LogP contribution >= 0.6 is 23.4 Å². The second kappa shape index (κ2) is 11.8. The topological polar surface area (TPSA) is 105 Å². The lowest BCUT2D eigenvalue weighted by molar-refractivity contribution is -0.385. The highest BCUT2D eigenvalue weighted by Gasteiger charge is 2.31. The zero-order chi connectivity index (χ0) is 24.6. The van der Waals surface area contributed by atoms with Crippen LogP contribution in [-0.4, -0.2) is 42.1 Å². The first-order chi connectivity index (χ1) is 15.5. The maximum atomic E-state index is 12.8. The van der Waals surface area contributed by atoms with Gasteiger partial charge in [0.25, 0.3) is 5.69 Å². The number of carbonyl (C=O) groups excluding carboxylic acids is 2. The molecule has 13 heteroatoms. The Morgan fingerprint density at radius 3 is 2.45 bits per heavy atom. The number of nitro benzene ring substituents is 1. The largest absolute Gasteiger partial charge is 0.462 e. The predicted molar refractivity (Wildman–Crippen MR) is 114 cm³/mol. The fourth-order valence-electron chi connectivity index (χ4n) is 2.46. The predicted octanol–water partition coefficient (Wildman–Crippen LogP) is 5.05. The maximum Gasteiger partial charge on any atom is 0.416 e. The Balaban J connectivity index is 2.12. The van der Waals surface area contributed by atoms with Gasteiger partial charge >= 0.3 is 18.1 Å². The number of thioether (sulfide) groups is 1. The molecule has 2 aromatic carbocycles. The Bertz CT molecular complexity index is 1030. The molecule has 0 spiro atoms. The monoisotopic (exact) mass is 507 g/mol. The van der Waals surface area contributed by atoms with E-state index in [0.29, 0.717) is 11.8 Å². The third-order valence-electron chi connectivity index (χ3n) is 3.97. The summed E-state index contributed by atoms with van der Waals surface area (Å²) >= 11 is 7.31. The van der Waals surface area contributed by atoms with E-state index in [1.807, 2.05) is 6.26 Å². The average Bonchev–Trinajstić information content (AvgIpc) is 2.73. The molecule has 0 N–H and O–H groups in total. The number of esters is 2. The summed E-state index contributed by atoms with van der Waals surface area (Å²) in [6.45, 7) is -0.507. The van der Waals surface area contributed by atoms with Crippen LogP contribution in [0.4, 0.5) is 18.9 Å². The van der Waals surface area contributed by atoms with Gasteiger partial charge in [-0.1, -0.05) is 11.6 Å². The molecule has 0 unspecified atom stereocenters. The molecule has 8 nitrogen and oxygen atoms in total. The highest BCUT2D eigenvalue weighted by molar-refractivity contribution is 7.98. The molecule has 2 aromatic rings. The second-order valence-corrected chi connectivity index (χ2v) is 7.74. The zero-order valence-corrected chi connectivity index (χ0v) is 18.6. The Morgan fingerprint density at radius 1 is 1.12 bits per heavy atom. The van der Waals surface area contributed by atoms with Crippen molar-refractivity contribution in [2.45, 2.75) is 12.6 Å². The van der Waals surface area contributed by atoms with Crippen molar-refractivity contribution in [3.8, 4) is 11.5 Å². The summed E-state index contributed by atoms with van der Waals surface area (Å²) in [6.07, 6.45) is -3.33. The van der Waals surface area contributed by atoms with E-state index in [9.17, 15) is 32.9 Å². The van der Waals surface area contributed by atoms with Crippen molar-refractivity contribution in [1.29, 1.82) is 0 Å². The first-order valence-corrected chi connectivity index (χ1v) is 10.9. The van der Waals surface area contributed by atoms with E-state index in [1.165, 1.54) is 17.8 Å². The average molecular weight is 508 g/mol. The van der Waals surface area contributed by atoms with Gasteiger partial charge in [0.1, 0.15) is 18.1 Å². The second-order valence-electron chi connectivity index (χ2n) is 6.34. The number of alkyl halides is 3. The van der Waals surface area contributed by atoms with Crippen molar-refractivity contribution in [2.24, 2.45) is 0 Å². The number of nitrogens with zero attached hydrogens (tertiary/aromatic N) is 1. The van der Waals surface area contributed by atoms with Crippen LogP contribution in [0.25, 0.3) is 0 Å². The Labute approximate surface area is 195 Å². The van der Waals surface area contributed by atoms with Gasteiger partial charge in [-0.2, -0.15) is 24.9 Å². The minimum atomic E-state index is -4.59. The molecule has 178 valence electrons. The van der Waals surface area contributed by atoms with Gasteiger partial charge in [0.15, 0.2) is 6.61 Å². The number of halogens is 4.